The summed E-state index contributed by atoms with van der Waals surface area (Å²) in [5, 5.41) is 12.1. The van der Waals surface area contributed by atoms with Gasteiger partial charge in [0.05, 0.1) is 6.61 Å². The Morgan fingerprint density at radius 2 is 1.81 bits per heavy atom. The van der Waals surface area contributed by atoms with E-state index in [4.69, 9.17) is 9.47 Å². The molecule has 0 heterocycles. The van der Waals surface area contributed by atoms with E-state index in [2.05, 4.69) is 5.32 Å². The van der Waals surface area contributed by atoms with E-state index in [0.717, 1.165) is 12.8 Å². The minimum Gasteiger partial charge on any atom is -0.490 e. The van der Waals surface area contributed by atoms with Gasteiger partial charge in [0.25, 0.3) is 11.8 Å². The Bertz CT molecular complexity index is 802. The van der Waals surface area contributed by atoms with Gasteiger partial charge in [0.1, 0.15) is 11.6 Å². The Morgan fingerprint density at radius 1 is 1.13 bits per heavy atom. The number of nitrogens with one attached hydrogen (secondary N) is 1. The van der Waals surface area contributed by atoms with E-state index in [0.29, 0.717) is 30.2 Å². The molecule has 0 saturated carbocycles. The summed E-state index contributed by atoms with van der Waals surface area (Å²) in [6.45, 7) is 12.6. The number of hydrogen-bond acceptors (Lipinski definition) is 5. The van der Waals surface area contributed by atoms with E-state index in [1.54, 1.807) is 23.1 Å². The lowest BCUT2D eigenvalue weighted by atomic mass is 10.1. The lowest BCUT2D eigenvalue weighted by Gasteiger charge is -2.30. The molecule has 0 radical (unpaired) electrons. The fourth-order valence-electron chi connectivity index (χ4n) is 3.18. The largest absolute Gasteiger partial charge is 0.490 e. The fourth-order valence-corrected chi connectivity index (χ4v) is 3.18. The van der Waals surface area contributed by atoms with Crippen LogP contribution in [0, 0.1) is 11.3 Å². The lowest BCUT2D eigenvalue weighted by Crippen LogP contribution is -2.44. The van der Waals surface area contributed by atoms with Gasteiger partial charge < -0.3 is 19.7 Å². The van der Waals surface area contributed by atoms with Crippen molar-refractivity contribution in [3.63, 3.8) is 0 Å². The minimum absolute atomic E-state index is 0.0203. The zero-order valence-electron chi connectivity index (χ0n) is 19.5. The van der Waals surface area contributed by atoms with E-state index >= 15 is 0 Å². The van der Waals surface area contributed by atoms with Crippen LogP contribution in [-0.4, -0.2) is 48.6 Å². The number of carbonyl (C=O) groups is 2. The van der Waals surface area contributed by atoms with Gasteiger partial charge in [-0.2, -0.15) is 5.26 Å². The van der Waals surface area contributed by atoms with Crippen LogP contribution in [0.15, 0.2) is 23.8 Å². The first-order valence-electron chi connectivity index (χ1n) is 10.9. The quantitative estimate of drug-likeness (QED) is 0.309. The van der Waals surface area contributed by atoms with E-state index in [1.165, 1.54) is 6.08 Å². The molecule has 1 N–H and O–H groups in total. The van der Waals surface area contributed by atoms with Crippen LogP contribution in [-0.2, 0) is 9.59 Å². The van der Waals surface area contributed by atoms with Crippen LogP contribution < -0.4 is 14.8 Å². The molecule has 0 aliphatic rings. The first-order chi connectivity index (χ1) is 14.7. The zero-order chi connectivity index (χ0) is 23.4. The maximum absolute atomic E-state index is 12.6. The van der Waals surface area contributed by atoms with Gasteiger partial charge in [-0.1, -0.05) is 19.4 Å². The van der Waals surface area contributed by atoms with Crippen LogP contribution in [0.4, 0.5) is 0 Å². The van der Waals surface area contributed by atoms with Crippen molar-refractivity contribution in [2.45, 2.75) is 66.5 Å². The second-order valence-electron chi connectivity index (χ2n) is 7.70. The van der Waals surface area contributed by atoms with E-state index < -0.39 is 5.91 Å². The molecule has 1 aromatic rings. The molecule has 0 bridgehead atoms. The van der Waals surface area contributed by atoms with Gasteiger partial charge in [0, 0.05) is 18.6 Å². The van der Waals surface area contributed by atoms with Gasteiger partial charge >= 0.3 is 0 Å². The Balaban J connectivity index is 3.00. The summed E-state index contributed by atoms with van der Waals surface area (Å²) in [6, 6.07) is 7.19. The summed E-state index contributed by atoms with van der Waals surface area (Å²) in [5.74, 6) is 0.383. The standard InChI is InChI=1S/C24H35N3O4/c1-7-9-12-26-24(29)20(15-25)13-19-10-11-21(22(14-19)30-8-2)31-16-23(28)27(17(3)4)18(5)6/h10-11,13-14,17-18H,7-9,12,16H2,1-6H3,(H,26,29)/b20-13+. The van der Waals surface area contributed by atoms with Crippen molar-refractivity contribution in [3.8, 4) is 17.6 Å². The molecule has 1 aromatic carbocycles. The number of nitrogens with zero attached hydrogens (tertiary/aromatic N) is 2. The van der Waals surface area contributed by atoms with Gasteiger partial charge in [-0.3, -0.25) is 9.59 Å². The molecule has 2 amide bonds. The molecular formula is C24H35N3O4. The van der Waals surface area contributed by atoms with Gasteiger partial charge in [0.2, 0.25) is 0 Å². The van der Waals surface area contributed by atoms with E-state index in [1.807, 2.05) is 47.6 Å². The predicted molar refractivity (Wildman–Crippen MR) is 122 cm³/mol. The topological polar surface area (TPSA) is 91.7 Å². The van der Waals surface area contributed by atoms with Gasteiger partial charge in [0.15, 0.2) is 18.1 Å². The molecule has 1 rings (SSSR count). The SMILES string of the molecule is CCCCNC(=O)/C(C#N)=C/c1ccc(OCC(=O)N(C(C)C)C(C)C)c(OCC)c1. The second kappa shape index (κ2) is 13.3. The van der Waals surface area contributed by atoms with Crippen molar-refractivity contribution in [2.75, 3.05) is 19.8 Å². The molecule has 170 valence electrons. The Kier molecular flexibility index (Phi) is 11.2. The number of rotatable bonds is 12. The maximum Gasteiger partial charge on any atom is 0.261 e. The summed E-state index contributed by atoms with van der Waals surface area (Å²) in [4.78, 5) is 26.5. The first kappa shape index (κ1) is 26.0. The van der Waals surface area contributed by atoms with Crippen molar-refractivity contribution in [3.05, 3.63) is 29.3 Å². The Labute approximate surface area is 186 Å². The number of amides is 2. The average molecular weight is 430 g/mol. The van der Waals surface area contributed by atoms with E-state index in [9.17, 15) is 14.9 Å². The highest BCUT2D eigenvalue weighted by Gasteiger charge is 2.21. The highest BCUT2D eigenvalue weighted by atomic mass is 16.5. The van der Waals surface area contributed by atoms with Gasteiger partial charge in [-0.05, 0) is 64.8 Å². The number of hydrogen-bond donors (Lipinski definition) is 1. The van der Waals surface area contributed by atoms with Crippen LogP contribution in [0.3, 0.4) is 0 Å². The van der Waals surface area contributed by atoms with E-state index in [-0.39, 0.29) is 30.2 Å². The van der Waals surface area contributed by atoms with Crippen LogP contribution in [0.1, 0.15) is 59.9 Å². The first-order valence-corrected chi connectivity index (χ1v) is 10.9. The molecule has 0 saturated heterocycles. The highest BCUT2D eigenvalue weighted by Crippen LogP contribution is 2.29. The molecule has 0 spiro atoms. The molecular weight excluding hydrogens is 394 g/mol. The summed E-state index contributed by atoms with van der Waals surface area (Å²) in [6.07, 6.45) is 3.33. The normalized spacial score (nSPS) is 11.3. The summed E-state index contributed by atoms with van der Waals surface area (Å²) < 4.78 is 11.4. The molecule has 0 fully saturated rings. The molecule has 0 unspecified atom stereocenters. The summed E-state index contributed by atoms with van der Waals surface area (Å²) in [5.41, 5.74) is 0.655. The number of carbonyl (C=O) groups excluding carboxylic acids is 2. The van der Waals surface area contributed by atoms with Gasteiger partial charge in [-0.15, -0.1) is 0 Å². The van der Waals surface area contributed by atoms with Crippen molar-refractivity contribution in [2.24, 2.45) is 0 Å². The van der Waals surface area contributed by atoms with Crippen molar-refractivity contribution in [1.29, 1.82) is 5.26 Å². The zero-order valence-corrected chi connectivity index (χ0v) is 19.5. The number of ether oxygens (including phenoxy) is 2. The molecule has 7 nitrogen and oxygen atoms in total. The van der Waals surface area contributed by atoms with Crippen LogP contribution in [0.5, 0.6) is 11.5 Å². The third-order valence-corrected chi connectivity index (χ3v) is 4.51. The molecule has 0 aliphatic carbocycles. The van der Waals surface area contributed by atoms with Crippen LogP contribution >= 0.6 is 0 Å². The molecule has 31 heavy (non-hydrogen) atoms. The second-order valence-corrected chi connectivity index (χ2v) is 7.70. The number of unbranched alkanes of at least 4 members (excludes halogenated alkanes) is 1. The molecule has 0 aliphatic heterocycles. The average Bonchev–Trinajstić information content (AvgIpc) is 2.71. The monoisotopic (exact) mass is 429 g/mol. The molecule has 7 heteroatoms. The summed E-state index contributed by atoms with van der Waals surface area (Å²) in [7, 11) is 0. The van der Waals surface area contributed by atoms with Crippen LogP contribution in [0.25, 0.3) is 6.08 Å². The third-order valence-electron chi connectivity index (χ3n) is 4.51. The maximum atomic E-state index is 12.6. The summed E-state index contributed by atoms with van der Waals surface area (Å²) >= 11 is 0. The van der Waals surface area contributed by atoms with Gasteiger partial charge in [-0.25, -0.2) is 0 Å². The third kappa shape index (κ3) is 8.33. The van der Waals surface area contributed by atoms with Crippen molar-refractivity contribution in [1.82, 2.24) is 10.2 Å². The molecule has 0 atom stereocenters. The highest BCUT2D eigenvalue weighted by molar-refractivity contribution is 6.01. The number of benzene rings is 1. The number of nitriles is 1. The minimum atomic E-state index is -0.401. The van der Waals surface area contributed by atoms with Crippen molar-refractivity contribution < 1.29 is 19.1 Å². The smallest absolute Gasteiger partial charge is 0.261 e. The van der Waals surface area contributed by atoms with Crippen molar-refractivity contribution >= 4 is 17.9 Å². The fraction of sp³-hybridized carbons (Fsp3) is 0.542. The lowest BCUT2D eigenvalue weighted by molar-refractivity contribution is -0.137. The Hall–Kier alpha value is -3.01. The Morgan fingerprint density at radius 3 is 2.35 bits per heavy atom. The molecule has 0 aromatic heterocycles. The van der Waals surface area contributed by atoms with Crippen LogP contribution in [0.2, 0.25) is 0 Å². The predicted octanol–water partition coefficient (Wildman–Crippen LogP) is 3.93.